The normalized spacial score (nSPS) is 17.6. The van der Waals surface area contributed by atoms with Crippen LogP contribution in [0.3, 0.4) is 0 Å². The molecule has 3 rings (SSSR count). The lowest BCUT2D eigenvalue weighted by Gasteiger charge is -2.40. The first-order valence-corrected chi connectivity index (χ1v) is 19.6. The van der Waals surface area contributed by atoms with Crippen molar-refractivity contribution >= 4 is 41.0 Å². The van der Waals surface area contributed by atoms with Gasteiger partial charge < -0.3 is 30.1 Å². The monoisotopic (exact) mass is 757 g/mol. The molecule has 0 bridgehead atoms. The maximum Gasteiger partial charge on any atom is 0.311 e. The summed E-state index contributed by atoms with van der Waals surface area (Å²) in [6.07, 6.45) is 2.92. The van der Waals surface area contributed by atoms with E-state index in [4.69, 9.17) is 9.47 Å². The predicted molar refractivity (Wildman–Crippen MR) is 204 cm³/mol. The fraction of sp³-hybridized carbons (Fsp3) is 0.641. The molecule has 1 fully saturated rings. The molecule has 294 valence electrons. The summed E-state index contributed by atoms with van der Waals surface area (Å²) in [5, 5.41) is 17.7. The number of likely N-dealkylation sites (N-methyl/N-ethyl adjacent to an activating group) is 1. The average molecular weight is 758 g/mol. The van der Waals surface area contributed by atoms with E-state index in [0.29, 0.717) is 17.0 Å². The highest BCUT2D eigenvalue weighted by atomic mass is 32.1. The molecular formula is C39H59N5O8S. The zero-order valence-electron chi connectivity index (χ0n) is 32.6. The molecule has 0 radical (unpaired) electrons. The largest absolute Gasteiger partial charge is 0.481 e. The fourth-order valence-corrected chi connectivity index (χ4v) is 7.71. The van der Waals surface area contributed by atoms with Crippen LogP contribution >= 0.6 is 11.3 Å². The van der Waals surface area contributed by atoms with Gasteiger partial charge in [0.2, 0.25) is 11.8 Å². The molecule has 2 aromatic rings. The Labute approximate surface area is 318 Å². The zero-order valence-corrected chi connectivity index (χ0v) is 33.4. The second-order valence-electron chi connectivity index (χ2n) is 14.4. The molecule has 3 N–H and O–H groups in total. The number of hydrogen-bond donors (Lipinski definition) is 3. The number of amides is 3. The average Bonchev–Trinajstić information content (AvgIpc) is 3.62. The van der Waals surface area contributed by atoms with Crippen LogP contribution in [0.5, 0.6) is 0 Å². The summed E-state index contributed by atoms with van der Waals surface area (Å²) in [5.41, 5.74) is 1.67. The fourth-order valence-electron chi connectivity index (χ4n) is 6.88. The van der Waals surface area contributed by atoms with Crippen molar-refractivity contribution in [2.24, 2.45) is 11.8 Å². The molecule has 1 aromatic carbocycles. The number of carboxylic acids is 1. The number of esters is 1. The molecule has 14 heteroatoms. The van der Waals surface area contributed by atoms with E-state index in [2.05, 4.69) is 15.6 Å². The van der Waals surface area contributed by atoms with Gasteiger partial charge in [-0.25, -0.2) is 4.98 Å². The Hall–Kier alpha value is -3.88. The summed E-state index contributed by atoms with van der Waals surface area (Å²) in [6, 6.07) is 5.77. The number of carbonyl (C=O) groups excluding carboxylic acids is 4. The van der Waals surface area contributed by atoms with Crippen molar-refractivity contribution in [2.75, 3.05) is 40.4 Å². The van der Waals surface area contributed by atoms with Crippen LogP contribution in [0.2, 0.25) is 0 Å². The Kier molecular flexibility index (Phi) is 17.3. The van der Waals surface area contributed by atoms with E-state index in [1.807, 2.05) is 58.7 Å². The Morgan fingerprint density at radius 1 is 1.13 bits per heavy atom. The van der Waals surface area contributed by atoms with Crippen molar-refractivity contribution in [3.63, 3.8) is 0 Å². The number of aryl methyl sites for hydroxylation is 1. The number of rotatable bonds is 20. The third-order valence-electron chi connectivity index (χ3n) is 10.2. The Balaban J connectivity index is 1.83. The van der Waals surface area contributed by atoms with Gasteiger partial charge in [0.1, 0.15) is 16.7 Å². The first-order chi connectivity index (χ1) is 25.2. The van der Waals surface area contributed by atoms with Crippen molar-refractivity contribution in [1.82, 2.24) is 25.4 Å². The second kappa shape index (κ2) is 21.1. The SMILES string of the molecule is CCC(C)C(NC(=O)C1CCCCN1C)C(=O)N(CCOC)[C@H](C[C@@H](OC(C)=O)c1nc(C(=O)NCC[C@@H](C(=O)O)c2ccccc2C)cs1)C(C)C. The Bertz CT molecular complexity index is 1530. The van der Waals surface area contributed by atoms with Crippen LogP contribution in [0.25, 0.3) is 0 Å². The molecule has 1 aliphatic heterocycles. The predicted octanol–water partition coefficient (Wildman–Crippen LogP) is 4.95. The molecule has 3 amide bonds. The van der Waals surface area contributed by atoms with Gasteiger partial charge in [0.25, 0.3) is 5.91 Å². The number of likely N-dealkylation sites (tertiary alicyclic amines) is 1. The quantitative estimate of drug-likeness (QED) is 0.157. The first-order valence-electron chi connectivity index (χ1n) is 18.7. The number of carboxylic acid groups (broad SMARTS) is 1. The minimum Gasteiger partial charge on any atom is -0.481 e. The van der Waals surface area contributed by atoms with E-state index in [-0.39, 0.29) is 67.9 Å². The standard InChI is InChI=1S/C39H59N5O8S/c1-9-25(4)34(42-36(47)31-16-12-13-19-43(31)7)38(48)44(20-21-51-8)32(24(2)3)22-33(52-27(6)45)37-41-30(23-53-37)35(46)40-18-17-29(39(49)50)28-15-11-10-14-26(28)5/h10-11,14-15,23-25,29,31-34H,9,12-13,16-22H2,1-8H3,(H,40,46)(H,42,47)(H,49,50)/t25?,29-,31?,32-,33-,34?/m1/s1. The molecule has 1 saturated heterocycles. The van der Waals surface area contributed by atoms with E-state index in [0.717, 1.165) is 31.4 Å². The van der Waals surface area contributed by atoms with Crippen LogP contribution in [0.1, 0.15) is 112 Å². The highest BCUT2D eigenvalue weighted by Crippen LogP contribution is 2.32. The van der Waals surface area contributed by atoms with Crippen LogP contribution in [0, 0.1) is 18.8 Å². The highest BCUT2D eigenvalue weighted by Gasteiger charge is 2.38. The van der Waals surface area contributed by atoms with Gasteiger partial charge in [-0.3, -0.25) is 28.9 Å². The number of nitrogens with one attached hydrogen (secondary N) is 2. The number of ether oxygens (including phenoxy) is 2. The Morgan fingerprint density at radius 3 is 2.45 bits per heavy atom. The smallest absolute Gasteiger partial charge is 0.311 e. The molecule has 53 heavy (non-hydrogen) atoms. The number of aliphatic carboxylic acids is 1. The summed E-state index contributed by atoms with van der Waals surface area (Å²) >= 11 is 1.17. The van der Waals surface area contributed by atoms with Crippen molar-refractivity contribution < 1.29 is 38.6 Å². The highest BCUT2D eigenvalue weighted by molar-refractivity contribution is 7.09. The van der Waals surface area contributed by atoms with E-state index in [1.165, 1.54) is 18.3 Å². The zero-order chi connectivity index (χ0) is 39.2. The summed E-state index contributed by atoms with van der Waals surface area (Å²) in [5.74, 6) is -3.39. The maximum atomic E-state index is 14.6. The van der Waals surface area contributed by atoms with Gasteiger partial charge in [-0.2, -0.15) is 0 Å². The maximum absolute atomic E-state index is 14.6. The van der Waals surface area contributed by atoms with Gasteiger partial charge in [-0.05, 0) is 62.7 Å². The number of methoxy groups -OCH3 is 1. The molecule has 1 aromatic heterocycles. The van der Waals surface area contributed by atoms with Gasteiger partial charge in [-0.15, -0.1) is 11.3 Å². The van der Waals surface area contributed by atoms with Gasteiger partial charge in [0.05, 0.1) is 18.6 Å². The summed E-state index contributed by atoms with van der Waals surface area (Å²) in [7, 11) is 3.50. The van der Waals surface area contributed by atoms with Crippen LogP contribution < -0.4 is 10.6 Å². The summed E-state index contributed by atoms with van der Waals surface area (Å²) < 4.78 is 11.2. The first kappa shape index (κ1) is 43.5. The van der Waals surface area contributed by atoms with E-state index < -0.39 is 42.0 Å². The number of aromatic nitrogens is 1. The van der Waals surface area contributed by atoms with Crippen LogP contribution in [0.15, 0.2) is 29.6 Å². The number of benzene rings is 1. The number of nitrogens with zero attached hydrogens (tertiary/aromatic N) is 3. The second-order valence-corrected chi connectivity index (χ2v) is 15.3. The van der Waals surface area contributed by atoms with Gasteiger partial charge >= 0.3 is 11.9 Å². The molecule has 13 nitrogen and oxygen atoms in total. The van der Waals surface area contributed by atoms with Crippen LogP contribution in [-0.2, 0) is 28.7 Å². The van der Waals surface area contributed by atoms with E-state index in [1.54, 1.807) is 29.5 Å². The summed E-state index contributed by atoms with van der Waals surface area (Å²) in [6.45, 7) is 12.5. The van der Waals surface area contributed by atoms with Gasteiger partial charge in [-0.1, -0.05) is 64.8 Å². The van der Waals surface area contributed by atoms with E-state index in [9.17, 15) is 29.1 Å². The number of carbonyl (C=O) groups is 5. The van der Waals surface area contributed by atoms with Crippen molar-refractivity contribution in [1.29, 1.82) is 0 Å². The number of hydrogen-bond acceptors (Lipinski definition) is 10. The number of piperidine rings is 1. The lowest BCUT2D eigenvalue weighted by atomic mass is 9.92. The number of thiazole rings is 1. The molecule has 0 aliphatic carbocycles. The van der Waals surface area contributed by atoms with Crippen LogP contribution in [0.4, 0.5) is 0 Å². The van der Waals surface area contributed by atoms with Crippen molar-refractivity contribution in [2.45, 2.75) is 110 Å². The third kappa shape index (κ3) is 12.3. The van der Waals surface area contributed by atoms with Gasteiger partial charge in [0, 0.05) is 45.0 Å². The van der Waals surface area contributed by atoms with Crippen LogP contribution in [-0.4, -0.2) is 108 Å². The van der Waals surface area contributed by atoms with Crippen molar-refractivity contribution in [3.8, 4) is 0 Å². The Morgan fingerprint density at radius 2 is 1.85 bits per heavy atom. The molecule has 0 saturated carbocycles. The minimum absolute atomic E-state index is 0.0928. The van der Waals surface area contributed by atoms with Gasteiger partial charge in [0.15, 0.2) is 6.10 Å². The lowest BCUT2D eigenvalue weighted by Crippen LogP contribution is -2.59. The molecular weight excluding hydrogens is 699 g/mol. The molecule has 0 spiro atoms. The lowest BCUT2D eigenvalue weighted by molar-refractivity contribution is -0.150. The molecule has 1 aliphatic rings. The molecule has 2 heterocycles. The summed E-state index contributed by atoms with van der Waals surface area (Å²) in [4.78, 5) is 74.1. The topological polar surface area (TPSA) is 167 Å². The minimum atomic E-state index is -0.971. The molecule has 6 atom stereocenters. The van der Waals surface area contributed by atoms with E-state index >= 15 is 0 Å². The molecule has 3 unspecified atom stereocenters. The van der Waals surface area contributed by atoms with Crippen molar-refractivity contribution in [3.05, 3.63) is 51.5 Å². The third-order valence-corrected chi connectivity index (χ3v) is 11.2.